The smallest absolute Gasteiger partial charge is 0.0366 e. The molecule has 2 N–H and O–H groups in total. The van der Waals surface area contributed by atoms with E-state index in [9.17, 15) is 0 Å². The Hall–Kier alpha value is -0.930. The molecule has 1 saturated carbocycles. The first kappa shape index (κ1) is 15.0. The number of pyridine rings is 1. The second-order valence-corrected chi connectivity index (χ2v) is 6.83. The van der Waals surface area contributed by atoms with Gasteiger partial charge in [0.15, 0.2) is 0 Å². The first-order valence-corrected chi connectivity index (χ1v) is 8.69. The van der Waals surface area contributed by atoms with Crippen LogP contribution < -0.4 is 5.73 Å². The van der Waals surface area contributed by atoms with Crippen molar-refractivity contribution in [1.29, 1.82) is 0 Å². The van der Waals surface area contributed by atoms with E-state index < -0.39 is 0 Å². The zero-order valence-electron chi connectivity index (χ0n) is 13.2. The van der Waals surface area contributed by atoms with Crippen molar-refractivity contribution >= 4 is 0 Å². The largest absolute Gasteiger partial charge is 0.330 e. The third kappa shape index (κ3) is 3.14. The number of nitrogens with zero attached hydrogens (tertiary/aromatic N) is 2. The molecule has 0 bridgehead atoms. The molecular formula is C18H29N3. The van der Waals surface area contributed by atoms with Gasteiger partial charge in [-0.3, -0.25) is 9.88 Å². The second kappa shape index (κ2) is 6.89. The Morgan fingerprint density at radius 1 is 1.33 bits per heavy atom. The van der Waals surface area contributed by atoms with Crippen LogP contribution in [0.2, 0.25) is 0 Å². The molecule has 1 aliphatic carbocycles. The summed E-state index contributed by atoms with van der Waals surface area (Å²) in [5, 5.41) is 0. The Kier molecular flexibility index (Phi) is 4.91. The number of likely N-dealkylation sites (tertiary alicyclic amines) is 1. The summed E-state index contributed by atoms with van der Waals surface area (Å²) in [6.45, 7) is 4.42. The molecular weight excluding hydrogens is 258 g/mol. The Labute approximate surface area is 128 Å². The van der Waals surface area contributed by atoms with Crippen molar-refractivity contribution in [2.75, 3.05) is 13.1 Å². The zero-order chi connectivity index (χ0) is 14.7. The molecule has 116 valence electrons. The molecule has 2 fully saturated rings. The van der Waals surface area contributed by atoms with Gasteiger partial charge in [0.2, 0.25) is 0 Å². The number of hydrogen-bond acceptors (Lipinski definition) is 3. The molecule has 0 aromatic carbocycles. The quantitative estimate of drug-likeness (QED) is 0.923. The second-order valence-electron chi connectivity index (χ2n) is 6.83. The van der Waals surface area contributed by atoms with Crippen LogP contribution in [0.3, 0.4) is 0 Å². The van der Waals surface area contributed by atoms with Gasteiger partial charge in [0.05, 0.1) is 0 Å². The van der Waals surface area contributed by atoms with Crippen LogP contribution in [0.1, 0.15) is 57.1 Å². The van der Waals surface area contributed by atoms with Gasteiger partial charge in [-0.15, -0.1) is 0 Å². The summed E-state index contributed by atoms with van der Waals surface area (Å²) in [6, 6.07) is 5.56. The van der Waals surface area contributed by atoms with Crippen molar-refractivity contribution in [3.63, 3.8) is 0 Å². The predicted molar refractivity (Wildman–Crippen MR) is 86.9 cm³/mol. The van der Waals surface area contributed by atoms with Gasteiger partial charge >= 0.3 is 0 Å². The van der Waals surface area contributed by atoms with Crippen LogP contribution >= 0.6 is 0 Å². The summed E-state index contributed by atoms with van der Waals surface area (Å²) < 4.78 is 0. The highest BCUT2D eigenvalue weighted by atomic mass is 15.2. The van der Waals surface area contributed by atoms with E-state index in [0.29, 0.717) is 18.0 Å². The van der Waals surface area contributed by atoms with Gasteiger partial charge in [0, 0.05) is 24.5 Å². The molecule has 2 aliphatic rings. The number of rotatable bonds is 4. The van der Waals surface area contributed by atoms with Crippen LogP contribution in [0.15, 0.2) is 24.5 Å². The topological polar surface area (TPSA) is 42.1 Å². The van der Waals surface area contributed by atoms with E-state index in [0.717, 1.165) is 12.5 Å². The lowest BCUT2D eigenvalue weighted by atomic mass is 9.76. The molecule has 1 aromatic heterocycles. The van der Waals surface area contributed by atoms with Crippen LogP contribution in [0.4, 0.5) is 0 Å². The summed E-state index contributed by atoms with van der Waals surface area (Å²) in [6.07, 6.45) is 11.9. The molecule has 1 aliphatic heterocycles. The minimum absolute atomic E-state index is 0.563. The van der Waals surface area contributed by atoms with Crippen molar-refractivity contribution in [2.45, 2.75) is 57.5 Å². The maximum Gasteiger partial charge on any atom is 0.0366 e. The van der Waals surface area contributed by atoms with Gasteiger partial charge in [0.25, 0.3) is 0 Å². The van der Waals surface area contributed by atoms with Crippen molar-refractivity contribution in [3.8, 4) is 0 Å². The van der Waals surface area contributed by atoms with Gasteiger partial charge < -0.3 is 5.73 Å². The molecule has 21 heavy (non-hydrogen) atoms. The molecule has 3 nitrogen and oxygen atoms in total. The predicted octanol–water partition coefficient (Wildman–Crippen LogP) is 3.37. The van der Waals surface area contributed by atoms with Gasteiger partial charge in [-0.1, -0.05) is 25.8 Å². The number of hydrogen-bond donors (Lipinski definition) is 1. The fraction of sp³-hybridized carbons (Fsp3) is 0.722. The van der Waals surface area contributed by atoms with Crippen LogP contribution in [0, 0.1) is 11.8 Å². The summed E-state index contributed by atoms with van der Waals surface area (Å²) in [7, 11) is 0. The highest BCUT2D eigenvalue weighted by Gasteiger charge is 2.38. The van der Waals surface area contributed by atoms with Gasteiger partial charge in [0.1, 0.15) is 0 Å². The van der Waals surface area contributed by atoms with Crippen LogP contribution in [0.25, 0.3) is 0 Å². The van der Waals surface area contributed by atoms with Crippen LogP contribution in [0.5, 0.6) is 0 Å². The average Bonchev–Trinajstić information content (AvgIpc) is 3.04. The van der Waals surface area contributed by atoms with Crippen molar-refractivity contribution in [1.82, 2.24) is 9.88 Å². The molecule has 3 rings (SSSR count). The minimum atomic E-state index is 0.563. The maximum atomic E-state index is 6.09. The number of aromatic nitrogens is 1. The van der Waals surface area contributed by atoms with E-state index in [1.165, 1.54) is 50.6 Å². The van der Waals surface area contributed by atoms with Crippen LogP contribution in [-0.2, 0) is 0 Å². The molecule has 0 spiro atoms. The van der Waals surface area contributed by atoms with E-state index in [-0.39, 0.29) is 0 Å². The third-order valence-corrected chi connectivity index (χ3v) is 5.73. The molecule has 1 aromatic rings. The summed E-state index contributed by atoms with van der Waals surface area (Å²) in [5.74, 6) is 1.58. The molecule has 1 saturated heterocycles. The van der Waals surface area contributed by atoms with Crippen molar-refractivity contribution in [3.05, 3.63) is 30.1 Å². The monoisotopic (exact) mass is 287 g/mol. The minimum Gasteiger partial charge on any atom is -0.330 e. The van der Waals surface area contributed by atoms with Crippen molar-refractivity contribution < 1.29 is 0 Å². The maximum absolute atomic E-state index is 6.09. The zero-order valence-corrected chi connectivity index (χ0v) is 13.2. The standard InChI is InChI=1S/C18H29N3/c1-2-14-7-8-15(12-19)18(11-14)21-10-4-6-17(21)16-5-3-9-20-13-16/h3,5,9,13-15,17-18H,2,4,6-8,10-12,19H2,1H3. The van der Waals surface area contributed by atoms with E-state index >= 15 is 0 Å². The lowest BCUT2D eigenvalue weighted by molar-refractivity contribution is 0.0701. The first-order valence-electron chi connectivity index (χ1n) is 8.69. The molecule has 3 heteroatoms. The van der Waals surface area contributed by atoms with E-state index in [2.05, 4.69) is 35.1 Å². The summed E-state index contributed by atoms with van der Waals surface area (Å²) in [4.78, 5) is 7.09. The van der Waals surface area contributed by atoms with Crippen LogP contribution in [-0.4, -0.2) is 29.0 Å². The lowest BCUT2D eigenvalue weighted by Crippen LogP contribution is -2.46. The van der Waals surface area contributed by atoms with Gasteiger partial charge in [-0.25, -0.2) is 0 Å². The summed E-state index contributed by atoms with van der Waals surface area (Å²) in [5.41, 5.74) is 7.49. The van der Waals surface area contributed by atoms with Gasteiger partial charge in [-0.2, -0.15) is 0 Å². The van der Waals surface area contributed by atoms with E-state index in [4.69, 9.17) is 5.73 Å². The molecule has 2 heterocycles. The third-order valence-electron chi connectivity index (χ3n) is 5.73. The lowest BCUT2D eigenvalue weighted by Gasteiger charge is -2.43. The normalized spacial score (nSPS) is 34.2. The van der Waals surface area contributed by atoms with E-state index in [1.807, 2.05) is 6.20 Å². The SMILES string of the molecule is CCC1CCC(CN)C(N2CCCC2c2cccnc2)C1. The molecule has 0 amide bonds. The first-order chi connectivity index (χ1) is 10.3. The Morgan fingerprint density at radius 2 is 2.24 bits per heavy atom. The Morgan fingerprint density at radius 3 is 2.95 bits per heavy atom. The summed E-state index contributed by atoms with van der Waals surface area (Å²) >= 11 is 0. The molecule has 4 atom stereocenters. The Bertz CT molecular complexity index is 433. The van der Waals surface area contributed by atoms with Gasteiger partial charge in [-0.05, 0) is 62.2 Å². The van der Waals surface area contributed by atoms with E-state index in [1.54, 1.807) is 0 Å². The highest BCUT2D eigenvalue weighted by molar-refractivity contribution is 5.16. The highest BCUT2D eigenvalue weighted by Crippen LogP contribution is 2.41. The fourth-order valence-electron chi connectivity index (χ4n) is 4.46. The molecule has 4 unspecified atom stereocenters. The number of nitrogens with two attached hydrogens (primary N) is 1. The Balaban J connectivity index is 1.79. The fourth-order valence-corrected chi connectivity index (χ4v) is 4.46. The average molecular weight is 287 g/mol. The molecule has 0 radical (unpaired) electrons. The van der Waals surface area contributed by atoms with Crippen molar-refractivity contribution in [2.24, 2.45) is 17.6 Å².